The molecule has 1 saturated carbocycles. The van der Waals surface area contributed by atoms with Gasteiger partial charge in [-0.3, -0.25) is 9.59 Å². The van der Waals surface area contributed by atoms with Gasteiger partial charge in [0.1, 0.15) is 18.2 Å². The Labute approximate surface area is 119 Å². The first-order chi connectivity index (χ1) is 9.10. The van der Waals surface area contributed by atoms with Crippen molar-refractivity contribution in [1.82, 2.24) is 0 Å². The highest BCUT2D eigenvalue weighted by molar-refractivity contribution is 5.78. The number of hydrogen-bond acceptors (Lipinski definition) is 5. The first-order valence-electron chi connectivity index (χ1n) is 7.05. The molecule has 3 unspecified atom stereocenters. The van der Waals surface area contributed by atoms with Crippen molar-refractivity contribution in [3.63, 3.8) is 0 Å². The summed E-state index contributed by atoms with van der Waals surface area (Å²) in [5, 5.41) is 8.70. The molecule has 116 valence electrons. The van der Waals surface area contributed by atoms with Gasteiger partial charge < -0.3 is 21.3 Å². The van der Waals surface area contributed by atoms with Gasteiger partial charge in [-0.25, -0.2) is 0 Å². The molecule has 1 aliphatic carbocycles. The molecule has 0 radical (unpaired) electrons. The largest absolute Gasteiger partial charge is 0.480 e. The van der Waals surface area contributed by atoms with Crippen LogP contribution < -0.4 is 11.5 Å². The van der Waals surface area contributed by atoms with Crippen LogP contribution in [0.25, 0.3) is 0 Å². The van der Waals surface area contributed by atoms with Crippen LogP contribution in [0.2, 0.25) is 0 Å². The molecule has 0 amide bonds. The van der Waals surface area contributed by atoms with Crippen molar-refractivity contribution in [2.24, 2.45) is 22.8 Å². The second-order valence-electron chi connectivity index (χ2n) is 6.76. The van der Waals surface area contributed by atoms with E-state index in [9.17, 15) is 9.59 Å². The van der Waals surface area contributed by atoms with Gasteiger partial charge in [-0.1, -0.05) is 20.8 Å². The minimum atomic E-state index is -1.17. The molecule has 0 bridgehead atoms. The third-order valence-electron chi connectivity index (χ3n) is 3.76. The Bertz CT molecular complexity index is 370. The fourth-order valence-electron chi connectivity index (χ4n) is 3.07. The summed E-state index contributed by atoms with van der Waals surface area (Å²) in [6, 6.07) is -2.12. The Morgan fingerprint density at radius 2 is 1.90 bits per heavy atom. The zero-order valence-electron chi connectivity index (χ0n) is 12.5. The summed E-state index contributed by atoms with van der Waals surface area (Å²) in [6.45, 7) is 6.45. The van der Waals surface area contributed by atoms with Crippen molar-refractivity contribution in [2.45, 2.75) is 64.6 Å². The van der Waals surface area contributed by atoms with Crippen LogP contribution in [0.5, 0.6) is 0 Å². The molecule has 0 heterocycles. The third-order valence-corrected chi connectivity index (χ3v) is 3.76. The normalized spacial score (nSPS) is 28.4. The van der Waals surface area contributed by atoms with Crippen LogP contribution in [-0.4, -0.2) is 35.2 Å². The molecular weight excluding hydrogens is 260 g/mol. The van der Waals surface area contributed by atoms with E-state index in [4.69, 9.17) is 21.3 Å². The molecule has 6 nitrogen and oxygen atoms in total. The predicted molar refractivity (Wildman–Crippen MR) is 74.9 cm³/mol. The summed E-state index contributed by atoms with van der Waals surface area (Å²) >= 11 is 0. The SMILES string of the molecule is CC1CC(OC(=O)C(N)C[C@H](N)C(=O)O)CC(C)(C)C1. The van der Waals surface area contributed by atoms with Gasteiger partial charge in [0.25, 0.3) is 0 Å². The lowest BCUT2D eigenvalue weighted by molar-refractivity contribution is -0.155. The number of aliphatic carboxylic acids is 1. The minimum Gasteiger partial charge on any atom is -0.480 e. The molecule has 0 aromatic carbocycles. The Hall–Kier alpha value is -1.14. The van der Waals surface area contributed by atoms with Crippen LogP contribution in [0.3, 0.4) is 0 Å². The highest BCUT2D eigenvalue weighted by Crippen LogP contribution is 2.39. The van der Waals surface area contributed by atoms with Crippen molar-refractivity contribution in [3.05, 3.63) is 0 Å². The lowest BCUT2D eigenvalue weighted by Gasteiger charge is -2.38. The molecular formula is C14H26N2O4. The number of carbonyl (C=O) groups excluding carboxylic acids is 1. The quantitative estimate of drug-likeness (QED) is 0.646. The Kier molecular flexibility index (Phi) is 5.53. The van der Waals surface area contributed by atoms with E-state index >= 15 is 0 Å². The molecule has 0 aromatic heterocycles. The molecule has 0 spiro atoms. The zero-order chi connectivity index (χ0) is 15.5. The summed E-state index contributed by atoms with van der Waals surface area (Å²) < 4.78 is 5.43. The summed E-state index contributed by atoms with van der Waals surface area (Å²) in [6.07, 6.45) is 2.48. The first kappa shape index (κ1) is 16.9. The van der Waals surface area contributed by atoms with Crippen LogP contribution in [0.1, 0.15) is 46.5 Å². The zero-order valence-corrected chi connectivity index (χ0v) is 12.5. The van der Waals surface area contributed by atoms with Gasteiger partial charge in [0, 0.05) is 0 Å². The molecule has 20 heavy (non-hydrogen) atoms. The number of rotatable bonds is 5. The van der Waals surface area contributed by atoms with Crippen molar-refractivity contribution in [3.8, 4) is 0 Å². The van der Waals surface area contributed by atoms with Crippen LogP contribution >= 0.6 is 0 Å². The Balaban J connectivity index is 2.51. The average molecular weight is 286 g/mol. The second kappa shape index (κ2) is 6.54. The van der Waals surface area contributed by atoms with E-state index in [1.807, 2.05) is 0 Å². The standard InChI is InChI=1S/C14H26N2O4/c1-8-4-9(7-14(2,3)6-8)20-13(19)11(16)5-10(15)12(17)18/h8-11H,4-7,15-16H2,1-3H3,(H,17,18)/t8?,9?,10-,11?/m0/s1. The predicted octanol–water partition coefficient (Wildman–Crippen LogP) is 0.874. The molecule has 6 heteroatoms. The van der Waals surface area contributed by atoms with E-state index < -0.39 is 24.0 Å². The average Bonchev–Trinajstić information content (AvgIpc) is 2.25. The summed E-state index contributed by atoms with van der Waals surface area (Å²) in [4.78, 5) is 22.5. The highest BCUT2D eigenvalue weighted by Gasteiger charge is 2.35. The molecule has 1 fully saturated rings. The van der Waals surface area contributed by atoms with Crippen LogP contribution in [0, 0.1) is 11.3 Å². The van der Waals surface area contributed by atoms with E-state index in [1.165, 1.54) is 0 Å². The number of nitrogens with two attached hydrogens (primary N) is 2. The van der Waals surface area contributed by atoms with E-state index in [1.54, 1.807) is 0 Å². The van der Waals surface area contributed by atoms with E-state index in [0.29, 0.717) is 5.92 Å². The summed E-state index contributed by atoms with van der Waals surface area (Å²) in [5.41, 5.74) is 11.2. The van der Waals surface area contributed by atoms with Gasteiger partial charge in [-0.2, -0.15) is 0 Å². The van der Waals surface area contributed by atoms with Gasteiger partial charge in [0.05, 0.1) is 0 Å². The molecule has 1 aliphatic rings. The summed E-state index contributed by atoms with van der Waals surface area (Å²) in [7, 11) is 0. The fraction of sp³-hybridized carbons (Fsp3) is 0.857. The van der Waals surface area contributed by atoms with Crippen molar-refractivity contribution < 1.29 is 19.4 Å². The van der Waals surface area contributed by atoms with Gasteiger partial charge in [-0.15, -0.1) is 0 Å². The lowest BCUT2D eigenvalue weighted by Crippen LogP contribution is -2.44. The number of ether oxygens (including phenoxy) is 1. The minimum absolute atomic E-state index is 0.111. The number of esters is 1. The van der Waals surface area contributed by atoms with E-state index in [-0.39, 0.29) is 17.9 Å². The maximum Gasteiger partial charge on any atom is 0.323 e. The van der Waals surface area contributed by atoms with Crippen LogP contribution in [0.15, 0.2) is 0 Å². The molecule has 4 atom stereocenters. The third kappa shape index (κ3) is 5.09. The maximum atomic E-state index is 11.9. The van der Waals surface area contributed by atoms with Gasteiger partial charge in [-0.05, 0) is 37.0 Å². The van der Waals surface area contributed by atoms with Crippen molar-refractivity contribution >= 4 is 11.9 Å². The maximum absolute atomic E-state index is 11.9. The van der Waals surface area contributed by atoms with E-state index in [0.717, 1.165) is 19.3 Å². The molecule has 1 rings (SSSR count). The Morgan fingerprint density at radius 1 is 1.30 bits per heavy atom. The molecule has 0 aliphatic heterocycles. The van der Waals surface area contributed by atoms with Gasteiger partial charge in [0.2, 0.25) is 0 Å². The van der Waals surface area contributed by atoms with Crippen molar-refractivity contribution in [1.29, 1.82) is 0 Å². The lowest BCUT2D eigenvalue weighted by atomic mass is 9.71. The van der Waals surface area contributed by atoms with Gasteiger partial charge in [0.15, 0.2) is 0 Å². The second-order valence-corrected chi connectivity index (χ2v) is 6.76. The monoisotopic (exact) mass is 286 g/mol. The highest BCUT2D eigenvalue weighted by atomic mass is 16.5. The molecule has 0 aromatic rings. The topological polar surface area (TPSA) is 116 Å². The van der Waals surface area contributed by atoms with Crippen LogP contribution in [-0.2, 0) is 14.3 Å². The number of carboxylic acids is 1. The van der Waals surface area contributed by atoms with E-state index in [2.05, 4.69) is 20.8 Å². The smallest absolute Gasteiger partial charge is 0.323 e. The van der Waals surface area contributed by atoms with Gasteiger partial charge >= 0.3 is 11.9 Å². The first-order valence-corrected chi connectivity index (χ1v) is 7.05. The fourth-order valence-corrected chi connectivity index (χ4v) is 3.07. The number of hydrogen-bond donors (Lipinski definition) is 3. The molecule has 5 N–H and O–H groups in total. The number of carboxylic acid groups (broad SMARTS) is 1. The Morgan fingerprint density at radius 3 is 2.40 bits per heavy atom. The van der Waals surface area contributed by atoms with Crippen molar-refractivity contribution in [2.75, 3.05) is 0 Å². The molecule has 0 saturated heterocycles. The summed E-state index contributed by atoms with van der Waals surface area (Å²) in [5.74, 6) is -1.23. The van der Waals surface area contributed by atoms with Crippen LogP contribution in [0.4, 0.5) is 0 Å². The number of carbonyl (C=O) groups is 2.